The van der Waals surface area contributed by atoms with Gasteiger partial charge >= 0.3 is 0 Å². The number of hydrogen-bond donors (Lipinski definition) is 1. The summed E-state index contributed by atoms with van der Waals surface area (Å²) in [6, 6.07) is 0.732. The van der Waals surface area contributed by atoms with Gasteiger partial charge in [0.1, 0.15) is 0 Å². The van der Waals surface area contributed by atoms with Crippen LogP contribution in [0.25, 0.3) is 0 Å². The van der Waals surface area contributed by atoms with Gasteiger partial charge in [-0.2, -0.15) is 0 Å². The molecular formula is C16H31N3O. The Kier molecular flexibility index (Phi) is 5.44. The number of likely N-dealkylation sites (tertiary alicyclic amines) is 1. The summed E-state index contributed by atoms with van der Waals surface area (Å²) < 4.78 is 0. The number of hydrogen-bond acceptors (Lipinski definition) is 3. The molecule has 1 heterocycles. The van der Waals surface area contributed by atoms with Gasteiger partial charge in [-0.25, -0.2) is 0 Å². The zero-order valence-electron chi connectivity index (χ0n) is 13.3. The molecule has 4 heteroatoms. The molecule has 1 saturated carbocycles. The van der Waals surface area contributed by atoms with E-state index in [0.717, 1.165) is 38.8 Å². The molecule has 1 aliphatic carbocycles. The van der Waals surface area contributed by atoms with Crippen molar-refractivity contribution in [1.82, 2.24) is 9.80 Å². The monoisotopic (exact) mass is 281 g/mol. The Morgan fingerprint density at radius 1 is 1.25 bits per heavy atom. The zero-order valence-corrected chi connectivity index (χ0v) is 13.3. The van der Waals surface area contributed by atoms with E-state index in [1.807, 2.05) is 11.9 Å². The van der Waals surface area contributed by atoms with Gasteiger partial charge in [-0.15, -0.1) is 0 Å². The first kappa shape index (κ1) is 15.8. The van der Waals surface area contributed by atoms with Crippen LogP contribution in [0.2, 0.25) is 0 Å². The number of carbonyl (C=O) groups excluding carboxylic acids is 1. The van der Waals surface area contributed by atoms with Crippen molar-refractivity contribution < 1.29 is 4.79 Å². The van der Waals surface area contributed by atoms with Crippen LogP contribution in [-0.2, 0) is 4.79 Å². The maximum Gasteiger partial charge on any atom is 0.225 e. The molecule has 0 aromatic carbocycles. The Hall–Kier alpha value is -0.610. The lowest BCUT2D eigenvalue weighted by Crippen LogP contribution is -2.47. The molecule has 0 bridgehead atoms. The van der Waals surface area contributed by atoms with E-state index in [1.54, 1.807) is 0 Å². The van der Waals surface area contributed by atoms with Crippen molar-refractivity contribution in [3.05, 3.63) is 0 Å². The number of nitrogens with two attached hydrogens (primary N) is 1. The third kappa shape index (κ3) is 3.73. The van der Waals surface area contributed by atoms with Gasteiger partial charge in [0.05, 0.1) is 0 Å². The molecule has 1 saturated heterocycles. The second kappa shape index (κ2) is 6.90. The Balaban J connectivity index is 1.88. The maximum atomic E-state index is 12.7. The van der Waals surface area contributed by atoms with Crippen LogP contribution >= 0.6 is 0 Å². The smallest absolute Gasteiger partial charge is 0.225 e. The highest BCUT2D eigenvalue weighted by atomic mass is 16.2. The average Bonchev–Trinajstić information content (AvgIpc) is 2.46. The quantitative estimate of drug-likeness (QED) is 0.856. The van der Waals surface area contributed by atoms with Crippen LogP contribution in [-0.4, -0.2) is 55.0 Å². The summed E-state index contributed by atoms with van der Waals surface area (Å²) in [5.41, 5.74) is 6.07. The molecule has 0 radical (unpaired) electrons. The van der Waals surface area contributed by atoms with Gasteiger partial charge in [0.25, 0.3) is 0 Å². The highest BCUT2D eigenvalue weighted by Crippen LogP contribution is 2.31. The van der Waals surface area contributed by atoms with Crippen LogP contribution in [0.5, 0.6) is 0 Å². The number of rotatable bonds is 3. The van der Waals surface area contributed by atoms with Gasteiger partial charge in [0.15, 0.2) is 0 Å². The summed E-state index contributed by atoms with van der Waals surface area (Å²) in [4.78, 5) is 17.1. The standard InChI is InChI=1S/C16H31N3O/c1-12(13-5-4-6-14(17)11-13)16(20)19(3)15-7-9-18(2)10-8-15/h12-15H,4-11,17H2,1-3H3. The Morgan fingerprint density at radius 3 is 2.50 bits per heavy atom. The van der Waals surface area contributed by atoms with Crippen LogP contribution in [0.1, 0.15) is 45.4 Å². The van der Waals surface area contributed by atoms with Crippen LogP contribution in [0.3, 0.4) is 0 Å². The molecule has 2 rings (SSSR count). The lowest BCUT2D eigenvalue weighted by molar-refractivity contribution is -0.138. The summed E-state index contributed by atoms with van der Waals surface area (Å²) in [5, 5.41) is 0. The van der Waals surface area contributed by atoms with E-state index in [0.29, 0.717) is 23.9 Å². The van der Waals surface area contributed by atoms with Crippen molar-refractivity contribution >= 4 is 5.91 Å². The van der Waals surface area contributed by atoms with Crippen molar-refractivity contribution in [3.8, 4) is 0 Å². The summed E-state index contributed by atoms with van der Waals surface area (Å²) in [5.74, 6) is 0.949. The molecule has 20 heavy (non-hydrogen) atoms. The fourth-order valence-corrected chi connectivity index (χ4v) is 3.81. The van der Waals surface area contributed by atoms with Gasteiger partial charge in [0, 0.05) is 25.0 Å². The number of carbonyl (C=O) groups is 1. The van der Waals surface area contributed by atoms with Gasteiger partial charge < -0.3 is 15.5 Å². The van der Waals surface area contributed by atoms with Crippen molar-refractivity contribution in [2.24, 2.45) is 17.6 Å². The predicted octanol–water partition coefficient (Wildman–Crippen LogP) is 1.69. The van der Waals surface area contributed by atoms with E-state index < -0.39 is 0 Å². The van der Waals surface area contributed by atoms with Gasteiger partial charge in [-0.3, -0.25) is 4.79 Å². The molecule has 0 aromatic heterocycles. The fraction of sp³-hybridized carbons (Fsp3) is 0.938. The summed E-state index contributed by atoms with van der Waals surface area (Å²) >= 11 is 0. The van der Waals surface area contributed by atoms with E-state index >= 15 is 0 Å². The van der Waals surface area contributed by atoms with Crippen LogP contribution in [0.15, 0.2) is 0 Å². The highest BCUT2D eigenvalue weighted by Gasteiger charge is 2.32. The first-order valence-corrected chi connectivity index (χ1v) is 8.19. The van der Waals surface area contributed by atoms with Crippen LogP contribution < -0.4 is 5.73 Å². The van der Waals surface area contributed by atoms with Gasteiger partial charge in [-0.05, 0) is 58.2 Å². The molecule has 0 aromatic rings. The minimum absolute atomic E-state index is 0.131. The molecule has 3 unspecified atom stereocenters. The van der Waals surface area contributed by atoms with Gasteiger partial charge in [0.2, 0.25) is 5.91 Å². The van der Waals surface area contributed by atoms with Crippen LogP contribution in [0.4, 0.5) is 0 Å². The third-order valence-corrected chi connectivity index (χ3v) is 5.44. The minimum Gasteiger partial charge on any atom is -0.342 e. The van der Waals surface area contributed by atoms with E-state index in [1.165, 1.54) is 12.8 Å². The molecule has 0 spiro atoms. The molecule has 3 atom stereocenters. The zero-order chi connectivity index (χ0) is 14.7. The second-order valence-electron chi connectivity index (χ2n) is 6.96. The van der Waals surface area contributed by atoms with E-state index in [-0.39, 0.29) is 5.92 Å². The normalized spacial score (nSPS) is 31.0. The van der Waals surface area contributed by atoms with Crippen molar-refractivity contribution in [1.29, 1.82) is 0 Å². The topological polar surface area (TPSA) is 49.6 Å². The summed E-state index contributed by atoms with van der Waals surface area (Å²) in [7, 11) is 4.15. The summed E-state index contributed by atoms with van der Waals surface area (Å²) in [6.07, 6.45) is 6.71. The lowest BCUT2D eigenvalue weighted by atomic mass is 9.78. The first-order valence-electron chi connectivity index (χ1n) is 8.19. The lowest BCUT2D eigenvalue weighted by Gasteiger charge is -2.38. The molecule has 4 nitrogen and oxygen atoms in total. The maximum absolute atomic E-state index is 12.7. The van der Waals surface area contributed by atoms with E-state index in [4.69, 9.17) is 5.73 Å². The Labute approximate surface area is 123 Å². The molecular weight excluding hydrogens is 250 g/mol. The molecule has 2 fully saturated rings. The fourth-order valence-electron chi connectivity index (χ4n) is 3.81. The molecule has 116 valence electrons. The van der Waals surface area contributed by atoms with E-state index in [2.05, 4.69) is 18.9 Å². The van der Waals surface area contributed by atoms with E-state index in [9.17, 15) is 4.79 Å². The first-order chi connectivity index (χ1) is 9.49. The molecule has 2 N–H and O–H groups in total. The average molecular weight is 281 g/mol. The Morgan fingerprint density at radius 2 is 1.90 bits per heavy atom. The largest absolute Gasteiger partial charge is 0.342 e. The SMILES string of the molecule is CC(C(=O)N(C)C1CCN(C)CC1)C1CCCC(N)C1. The molecule has 2 aliphatic rings. The third-order valence-electron chi connectivity index (χ3n) is 5.44. The second-order valence-corrected chi connectivity index (χ2v) is 6.96. The Bertz CT molecular complexity index is 326. The predicted molar refractivity (Wildman–Crippen MR) is 82.4 cm³/mol. The number of piperidine rings is 1. The van der Waals surface area contributed by atoms with Gasteiger partial charge in [-0.1, -0.05) is 13.3 Å². The molecule has 1 aliphatic heterocycles. The molecule has 1 amide bonds. The highest BCUT2D eigenvalue weighted by molar-refractivity contribution is 5.78. The van der Waals surface area contributed by atoms with Crippen molar-refractivity contribution in [3.63, 3.8) is 0 Å². The number of nitrogens with zero attached hydrogens (tertiary/aromatic N) is 2. The number of amides is 1. The van der Waals surface area contributed by atoms with Crippen molar-refractivity contribution in [2.75, 3.05) is 27.2 Å². The van der Waals surface area contributed by atoms with Crippen molar-refractivity contribution in [2.45, 2.75) is 57.5 Å². The summed E-state index contributed by atoms with van der Waals surface area (Å²) in [6.45, 7) is 4.31. The van der Waals surface area contributed by atoms with Crippen LogP contribution in [0, 0.1) is 11.8 Å². The minimum atomic E-state index is 0.131.